The summed E-state index contributed by atoms with van der Waals surface area (Å²) in [4.78, 5) is 29.8. The number of aromatic nitrogens is 1. The maximum atomic E-state index is 12.5. The first kappa shape index (κ1) is 16.1. The summed E-state index contributed by atoms with van der Waals surface area (Å²) in [6.07, 6.45) is 1.14. The van der Waals surface area contributed by atoms with Crippen LogP contribution in [-0.2, 0) is 29.0 Å². The number of benzene rings is 1. The Kier molecular flexibility index (Phi) is 4.77. The molecule has 1 aromatic carbocycles. The second kappa shape index (κ2) is 6.80. The van der Waals surface area contributed by atoms with Gasteiger partial charge in [0.25, 0.3) is 0 Å². The SMILES string of the molecule is O=C(O)C1Cc2c(Br)cccc2CN1C(=O)CCc1cscn1. The molecule has 23 heavy (non-hydrogen) atoms. The van der Waals surface area contributed by atoms with E-state index in [1.807, 2.05) is 23.6 Å². The molecule has 0 spiro atoms. The van der Waals surface area contributed by atoms with Crippen LogP contribution < -0.4 is 0 Å². The van der Waals surface area contributed by atoms with Gasteiger partial charge in [-0.3, -0.25) is 4.79 Å². The van der Waals surface area contributed by atoms with E-state index in [0.717, 1.165) is 21.3 Å². The van der Waals surface area contributed by atoms with Gasteiger partial charge in [0, 0.05) is 29.2 Å². The zero-order chi connectivity index (χ0) is 16.4. The number of thiazole rings is 1. The van der Waals surface area contributed by atoms with E-state index < -0.39 is 12.0 Å². The number of hydrogen-bond donors (Lipinski definition) is 1. The molecule has 3 rings (SSSR count). The third-order valence-corrected chi connectivity index (χ3v) is 5.39. The van der Waals surface area contributed by atoms with Crippen LogP contribution in [0.25, 0.3) is 0 Å². The van der Waals surface area contributed by atoms with Crippen molar-refractivity contribution in [2.45, 2.75) is 31.8 Å². The van der Waals surface area contributed by atoms with Crippen LogP contribution in [0.4, 0.5) is 0 Å². The van der Waals surface area contributed by atoms with Crippen LogP contribution in [0, 0.1) is 0 Å². The number of rotatable bonds is 4. The van der Waals surface area contributed by atoms with E-state index in [4.69, 9.17) is 0 Å². The van der Waals surface area contributed by atoms with Gasteiger partial charge in [-0.15, -0.1) is 11.3 Å². The monoisotopic (exact) mass is 394 g/mol. The molecule has 5 nitrogen and oxygen atoms in total. The van der Waals surface area contributed by atoms with Gasteiger partial charge in [-0.1, -0.05) is 28.1 Å². The lowest BCUT2D eigenvalue weighted by molar-refractivity contribution is -0.151. The van der Waals surface area contributed by atoms with Crippen LogP contribution in [0.1, 0.15) is 23.2 Å². The summed E-state index contributed by atoms with van der Waals surface area (Å²) in [6.45, 7) is 0.335. The molecule has 1 amide bonds. The predicted octanol–water partition coefficient (Wildman–Crippen LogP) is 2.88. The summed E-state index contributed by atoms with van der Waals surface area (Å²) in [5.41, 5.74) is 4.58. The first-order valence-corrected chi connectivity index (χ1v) is 8.95. The van der Waals surface area contributed by atoms with Gasteiger partial charge in [0.15, 0.2) is 0 Å². The van der Waals surface area contributed by atoms with Crippen LogP contribution in [0.3, 0.4) is 0 Å². The third-order valence-electron chi connectivity index (χ3n) is 4.01. The summed E-state index contributed by atoms with van der Waals surface area (Å²) in [5.74, 6) is -1.11. The number of hydrogen-bond acceptors (Lipinski definition) is 4. The molecule has 0 radical (unpaired) electrons. The quantitative estimate of drug-likeness (QED) is 0.865. The highest BCUT2D eigenvalue weighted by molar-refractivity contribution is 9.10. The van der Waals surface area contributed by atoms with Crippen molar-refractivity contribution >= 4 is 39.1 Å². The van der Waals surface area contributed by atoms with Crippen LogP contribution in [-0.4, -0.2) is 32.9 Å². The molecule has 2 heterocycles. The molecule has 0 fully saturated rings. The zero-order valence-electron chi connectivity index (χ0n) is 12.2. The predicted molar refractivity (Wildman–Crippen MR) is 90.3 cm³/mol. The molecular weight excluding hydrogens is 380 g/mol. The average molecular weight is 395 g/mol. The van der Waals surface area contributed by atoms with Gasteiger partial charge in [0.2, 0.25) is 5.91 Å². The molecule has 1 N–H and O–H groups in total. The van der Waals surface area contributed by atoms with Crippen LogP contribution in [0.15, 0.2) is 33.6 Å². The lowest BCUT2D eigenvalue weighted by atomic mass is 9.93. The molecule has 1 aromatic heterocycles. The number of halogens is 1. The number of aliphatic carboxylic acids is 1. The summed E-state index contributed by atoms with van der Waals surface area (Å²) in [7, 11) is 0. The van der Waals surface area contributed by atoms with Crippen molar-refractivity contribution in [1.82, 2.24) is 9.88 Å². The Bertz CT molecular complexity index is 733. The molecule has 0 saturated carbocycles. The van der Waals surface area contributed by atoms with Crippen LogP contribution >= 0.6 is 27.3 Å². The van der Waals surface area contributed by atoms with E-state index in [1.165, 1.54) is 16.2 Å². The molecule has 1 atom stereocenters. The Hall–Kier alpha value is -1.73. The van der Waals surface area contributed by atoms with Crippen LogP contribution in [0.2, 0.25) is 0 Å². The van der Waals surface area contributed by atoms with Crippen LogP contribution in [0.5, 0.6) is 0 Å². The second-order valence-electron chi connectivity index (χ2n) is 5.44. The molecule has 0 saturated heterocycles. The standard InChI is InChI=1S/C16H15BrN2O3S/c17-13-3-1-2-10-7-19(14(16(21)22)6-12(10)13)15(20)5-4-11-8-23-9-18-11/h1-3,8-9,14H,4-7H2,(H,21,22). The number of carbonyl (C=O) groups excluding carboxylic acids is 1. The summed E-state index contributed by atoms with van der Waals surface area (Å²) in [5, 5.41) is 11.4. The number of nitrogens with zero attached hydrogens (tertiary/aromatic N) is 2. The largest absolute Gasteiger partial charge is 0.480 e. The highest BCUT2D eigenvalue weighted by atomic mass is 79.9. The molecule has 7 heteroatoms. The van der Waals surface area contributed by atoms with E-state index in [2.05, 4.69) is 20.9 Å². The summed E-state index contributed by atoms with van der Waals surface area (Å²) < 4.78 is 0.899. The third kappa shape index (κ3) is 3.45. The number of amides is 1. The molecule has 1 unspecified atom stereocenters. The van der Waals surface area contributed by atoms with Gasteiger partial charge in [-0.2, -0.15) is 0 Å². The minimum Gasteiger partial charge on any atom is -0.480 e. The van der Waals surface area contributed by atoms with E-state index in [0.29, 0.717) is 19.4 Å². The van der Waals surface area contributed by atoms with Gasteiger partial charge in [0.05, 0.1) is 11.2 Å². The van der Waals surface area contributed by atoms with E-state index in [9.17, 15) is 14.7 Å². The fourth-order valence-electron chi connectivity index (χ4n) is 2.80. The van der Waals surface area contributed by atoms with Gasteiger partial charge >= 0.3 is 5.97 Å². The van der Waals surface area contributed by atoms with Gasteiger partial charge in [-0.05, 0) is 23.6 Å². The zero-order valence-corrected chi connectivity index (χ0v) is 14.6. The normalized spacial score (nSPS) is 16.9. The molecule has 1 aliphatic rings. The van der Waals surface area contributed by atoms with E-state index >= 15 is 0 Å². The fourth-order valence-corrected chi connectivity index (χ4v) is 3.96. The van der Waals surface area contributed by atoms with Gasteiger partial charge in [-0.25, -0.2) is 9.78 Å². The highest BCUT2D eigenvalue weighted by Crippen LogP contribution is 2.30. The van der Waals surface area contributed by atoms with Crippen molar-refractivity contribution in [2.75, 3.05) is 0 Å². The lowest BCUT2D eigenvalue weighted by Gasteiger charge is -2.35. The number of carboxylic acids is 1. The van der Waals surface area contributed by atoms with Crippen molar-refractivity contribution < 1.29 is 14.7 Å². The van der Waals surface area contributed by atoms with Crippen molar-refractivity contribution in [3.05, 3.63) is 50.4 Å². The van der Waals surface area contributed by atoms with Crippen molar-refractivity contribution in [3.63, 3.8) is 0 Å². The topological polar surface area (TPSA) is 70.5 Å². The van der Waals surface area contributed by atoms with Crippen molar-refractivity contribution in [1.29, 1.82) is 0 Å². The number of carboxylic acid groups (broad SMARTS) is 1. The molecule has 120 valence electrons. The number of carbonyl (C=O) groups is 2. The maximum absolute atomic E-state index is 12.5. The molecule has 1 aliphatic heterocycles. The molecule has 0 aliphatic carbocycles. The fraction of sp³-hybridized carbons (Fsp3) is 0.312. The first-order valence-electron chi connectivity index (χ1n) is 7.22. The molecule has 0 bridgehead atoms. The lowest BCUT2D eigenvalue weighted by Crippen LogP contribution is -2.48. The van der Waals surface area contributed by atoms with Crippen molar-refractivity contribution in [3.8, 4) is 0 Å². The average Bonchev–Trinajstić information content (AvgIpc) is 3.05. The maximum Gasteiger partial charge on any atom is 0.326 e. The number of aryl methyl sites for hydroxylation is 1. The Balaban J connectivity index is 1.79. The second-order valence-corrected chi connectivity index (χ2v) is 7.01. The summed E-state index contributed by atoms with van der Waals surface area (Å²) >= 11 is 4.96. The minimum absolute atomic E-state index is 0.143. The van der Waals surface area contributed by atoms with Crippen molar-refractivity contribution in [2.24, 2.45) is 0 Å². The smallest absolute Gasteiger partial charge is 0.326 e. The Labute approximate surface area is 146 Å². The van der Waals surface area contributed by atoms with E-state index in [1.54, 1.807) is 5.51 Å². The summed E-state index contributed by atoms with van der Waals surface area (Å²) in [6, 6.07) is 4.93. The van der Waals surface area contributed by atoms with Gasteiger partial charge in [0.1, 0.15) is 6.04 Å². The molecular formula is C16H15BrN2O3S. The Morgan fingerprint density at radius 3 is 2.96 bits per heavy atom. The number of fused-ring (bicyclic) bond motifs is 1. The van der Waals surface area contributed by atoms with Gasteiger partial charge < -0.3 is 10.0 Å². The Morgan fingerprint density at radius 1 is 1.43 bits per heavy atom. The molecule has 2 aromatic rings. The van der Waals surface area contributed by atoms with E-state index in [-0.39, 0.29) is 12.3 Å². The Morgan fingerprint density at radius 2 is 2.26 bits per heavy atom. The minimum atomic E-state index is -0.964. The highest BCUT2D eigenvalue weighted by Gasteiger charge is 2.35. The first-order chi connectivity index (χ1) is 11.1.